The molecule has 24 heavy (non-hydrogen) atoms. The molecule has 0 aliphatic carbocycles. The van der Waals surface area contributed by atoms with Crippen molar-refractivity contribution in [3.63, 3.8) is 0 Å². The Bertz CT molecular complexity index is 628. The highest BCUT2D eigenvalue weighted by Gasteiger charge is 2.27. The molecule has 7 heteroatoms. The molecule has 0 radical (unpaired) electrons. The van der Waals surface area contributed by atoms with Gasteiger partial charge in [-0.3, -0.25) is 4.79 Å². The Balaban J connectivity index is 2.05. The van der Waals surface area contributed by atoms with Crippen LogP contribution < -0.4 is 9.47 Å². The van der Waals surface area contributed by atoms with Gasteiger partial charge in [-0.1, -0.05) is 6.07 Å². The van der Waals surface area contributed by atoms with Gasteiger partial charge in [0.1, 0.15) is 0 Å². The minimum absolute atomic E-state index is 0.0469. The topological polar surface area (TPSA) is 85.3 Å². The molecule has 0 aromatic heterocycles. The fraction of sp³-hybridized carbons (Fsp3) is 0.412. The van der Waals surface area contributed by atoms with Gasteiger partial charge in [-0.25, -0.2) is 4.79 Å². The number of aliphatic carboxylic acids is 1. The molecule has 1 aliphatic heterocycles. The zero-order valence-corrected chi connectivity index (χ0v) is 13.7. The van der Waals surface area contributed by atoms with Crippen molar-refractivity contribution in [2.45, 2.75) is 13.0 Å². The number of methoxy groups -OCH3 is 1. The number of hydrogen-bond acceptors (Lipinski definition) is 5. The molecule has 2 rings (SSSR count). The first kappa shape index (κ1) is 17.8. The zero-order chi connectivity index (χ0) is 17.5. The summed E-state index contributed by atoms with van der Waals surface area (Å²) in [7, 11) is 1.56. The summed E-state index contributed by atoms with van der Waals surface area (Å²) in [5, 5.41) is 8.97. The van der Waals surface area contributed by atoms with Gasteiger partial charge < -0.3 is 24.2 Å². The summed E-state index contributed by atoms with van der Waals surface area (Å²) < 4.78 is 15.8. The Kier molecular flexibility index (Phi) is 6.20. The van der Waals surface area contributed by atoms with Crippen molar-refractivity contribution in [3.8, 4) is 11.5 Å². The average molecular weight is 335 g/mol. The van der Waals surface area contributed by atoms with Crippen LogP contribution in [-0.4, -0.2) is 61.4 Å². The number of ether oxygens (including phenoxy) is 3. The van der Waals surface area contributed by atoms with E-state index in [9.17, 15) is 9.59 Å². The number of carboxylic acids is 1. The molecular weight excluding hydrogens is 314 g/mol. The van der Waals surface area contributed by atoms with Crippen molar-refractivity contribution in [1.29, 1.82) is 0 Å². The lowest BCUT2D eigenvalue weighted by molar-refractivity contribution is -0.158. The number of carbonyl (C=O) groups is 2. The Morgan fingerprint density at radius 3 is 2.88 bits per heavy atom. The SMILES string of the molecule is CCOc1cc(/C=C/C(=O)N2CCOC(C(=O)O)C2)ccc1OC. The maximum Gasteiger partial charge on any atom is 0.334 e. The molecule has 1 aromatic rings. The van der Waals surface area contributed by atoms with Crippen LogP contribution in [0.3, 0.4) is 0 Å². The highest BCUT2D eigenvalue weighted by atomic mass is 16.5. The predicted molar refractivity (Wildman–Crippen MR) is 87.2 cm³/mol. The summed E-state index contributed by atoms with van der Waals surface area (Å²) in [6, 6.07) is 5.36. The van der Waals surface area contributed by atoms with Gasteiger partial charge in [0, 0.05) is 12.6 Å². The van der Waals surface area contributed by atoms with E-state index < -0.39 is 12.1 Å². The molecule has 1 heterocycles. The largest absolute Gasteiger partial charge is 0.493 e. The van der Waals surface area contributed by atoms with Crippen LogP contribution in [0.2, 0.25) is 0 Å². The van der Waals surface area contributed by atoms with E-state index in [0.717, 1.165) is 5.56 Å². The maximum atomic E-state index is 12.2. The smallest absolute Gasteiger partial charge is 0.334 e. The van der Waals surface area contributed by atoms with Gasteiger partial charge in [-0.05, 0) is 30.7 Å². The fourth-order valence-corrected chi connectivity index (χ4v) is 2.34. The first-order valence-corrected chi connectivity index (χ1v) is 7.67. The molecule has 130 valence electrons. The third-order valence-corrected chi connectivity index (χ3v) is 3.56. The van der Waals surface area contributed by atoms with Crippen LogP contribution in [0.5, 0.6) is 11.5 Å². The summed E-state index contributed by atoms with van der Waals surface area (Å²) >= 11 is 0. The standard InChI is InChI=1S/C17H21NO6/c1-3-23-14-10-12(4-6-13(14)22-2)5-7-16(19)18-8-9-24-15(11-18)17(20)21/h4-7,10,15H,3,8-9,11H2,1-2H3,(H,20,21)/b7-5+. The number of hydrogen-bond donors (Lipinski definition) is 1. The number of carboxylic acid groups (broad SMARTS) is 1. The van der Waals surface area contributed by atoms with Crippen LogP contribution >= 0.6 is 0 Å². The van der Waals surface area contributed by atoms with Gasteiger partial charge >= 0.3 is 5.97 Å². The molecule has 1 unspecified atom stereocenters. The monoisotopic (exact) mass is 335 g/mol. The normalized spacial score (nSPS) is 17.8. The highest BCUT2D eigenvalue weighted by molar-refractivity contribution is 5.92. The van der Waals surface area contributed by atoms with Crippen molar-refractivity contribution >= 4 is 18.0 Å². The van der Waals surface area contributed by atoms with E-state index >= 15 is 0 Å². The van der Waals surface area contributed by atoms with Gasteiger partial charge in [0.25, 0.3) is 0 Å². The lowest BCUT2D eigenvalue weighted by Gasteiger charge is -2.30. The van der Waals surface area contributed by atoms with Gasteiger partial charge in [-0.2, -0.15) is 0 Å². The Morgan fingerprint density at radius 1 is 1.42 bits per heavy atom. The van der Waals surface area contributed by atoms with Crippen LogP contribution in [0.4, 0.5) is 0 Å². The average Bonchev–Trinajstić information content (AvgIpc) is 2.60. The maximum absolute atomic E-state index is 12.2. The second-order valence-electron chi connectivity index (χ2n) is 5.16. The van der Waals surface area contributed by atoms with Crippen molar-refractivity contribution in [2.24, 2.45) is 0 Å². The Hall–Kier alpha value is -2.54. The predicted octanol–water partition coefficient (Wildman–Crippen LogP) is 1.42. The van der Waals surface area contributed by atoms with Crippen molar-refractivity contribution in [3.05, 3.63) is 29.8 Å². The van der Waals surface area contributed by atoms with Crippen LogP contribution in [0.1, 0.15) is 12.5 Å². The second kappa shape index (κ2) is 8.35. The first-order chi connectivity index (χ1) is 11.5. The molecule has 1 fully saturated rings. The number of carbonyl (C=O) groups excluding carboxylic acids is 1. The molecule has 1 atom stereocenters. The van der Waals surface area contributed by atoms with Crippen LogP contribution in [-0.2, 0) is 14.3 Å². The van der Waals surface area contributed by atoms with E-state index in [1.807, 2.05) is 13.0 Å². The van der Waals surface area contributed by atoms with Crippen molar-refractivity contribution in [1.82, 2.24) is 4.90 Å². The summed E-state index contributed by atoms with van der Waals surface area (Å²) in [6.07, 6.45) is 2.11. The lowest BCUT2D eigenvalue weighted by Crippen LogP contribution is -2.48. The molecule has 0 saturated carbocycles. The molecular formula is C17H21NO6. The summed E-state index contributed by atoms with van der Waals surface area (Å²) in [4.78, 5) is 24.6. The zero-order valence-electron chi connectivity index (χ0n) is 13.7. The number of nitrogens with zero attached hydrogens (tertiary/aromatic N) is 1. The summed E-state index contributed by atoms with van der Waals surface area (Å²) in [5.41, 5.74) is 0.788. The van der Waals surface area contributed by atoms with Crippen LogP contribution in [0.25, 0.3) is 6.08 Å². The minimum atomic E-state index is -1.06. The Labute approximate surface area is 140 Å². The van der Waals surface area contributed by atoms with E-state index in [0.29, 0.717) is 24.7 Å². The van der Waals surface area contributed by atoms with Crippen LogP contribution in [0, 0.1) is 0 Å². The molecule has 1 N–H and O–H groups in total. The van der Waals surface area contributed by atoms with Crippen molar-refractivity contribution < 1.29 is 28.9 Å². The first-order valence-electron chi connectivity index (χ1n) is 7.67. The van der Waals surface area contributed by atoms with E-state index in [-0.39, 0.29) is 19.1 Å². The third-order valence-electron chi connectivity index (χ3n) is 3.56. The van der Waals surface area contributed by atoms with Gasteiger partial charge in [0.05, 0.1) is 26.9 Å². The number of benzene rings is 1. The molecule has 1 saturated heterocycles. The molecule has 1 aliphatic rings. The number of amides is 1. The summed E-state index contributed by atoms with van der Waals surface area (Å²) in [5.74, 6) is -0.0870. The molecule has 1 aromatic carbocycles. The van der Waals surface area contributed by atoms with Gasteiger partial charge in [0.2, 0.25) is 5.91 Å². The highest BCUT2D eigenvalue weighted by Crippen LogP contribution is 2.28. The number of morpholine rings is 1. The Morgan fingerprint density at radius 2 is 2.21 bits per heavy atom. The lowest BCUT2D eigenvalue weighted by atomic mass is 10.1. The molecule has 1 amide bonds. The van der Waals surface area contributed by atoms with Gasteiger partial charge in [0.15, 0.2) is 17.6 Å². The minimum Gasteiger partial charge on any atom is -0.493 e. The number of rotatable bonds is 6. The molecule has 0 spiro atoms. The van der Waals surface area contributed by atoms with Gasteiger partial charge in [-0.15, -0.1) is 0 Å². The molecule has 7 nitrogen and oxygen atoms in total. The fourth-order valence-electron chi connectivity index (χ4n) is 2.34. The molecule has 0 bridgehead atoms. The second-order valence-corrected chi connectivity index (χ2v) is 5.16. The summed E-state index contributed by atoms with van der Waals surface area (Å²) in [6.45, 7) is 3.02. The van der Waals surface area contributed by atoms with E-state index in [1.54, 1.807) is 25.3 Å². The third kappa shape index (κ3) is 4.48. The van der Waals surface area contributed by atoms with E-state index in [2.05, 4.69) is 0 Å². The quantitative estimate of drug-likeness (QED) is 0.792. The van der Waals surface area contributed by atoms with Crippen LogP contribution in [0.15, 0.2) is 24.3 Å². The van der Waals surface area contributed by atoms with Crippen molar-refractivity contribution in [2.75, 3.05) is 33.4 Å². The van der Waals surface area contributed by atoms with E-state index in [1.165, 1.54) is 11.0 Å². The van der Waals surface area contributed by atoms with E-state index in [4.69, 9.17) is 19.3 Å².